The van der Waals surface area contributed by atoms with Crippen molar-refractivity contribution < 1.29 is 42.1 Å². The van der Waals surface area contributed by atoms with Crippen LogP contribution < -0.4 is 0 Å². The van der Waals surface area contributed by atoms with Crippen LogP contribution >= 0.6 is 7.82 Å². The van der Waals surface area contributed by atoms with E-state index in [9.17, 15) is 19.0 Å². The molecule has 1 N–H and O–H groups in total. The van der Waals surface area contributed by atoms with Gasteiger partial charge >= 0.3 is 19.8 Å². The van der Waals surface area contributed by atoms with Crippen LogP contribution in [0.5, 0.6) is 0 Å². The zero-order valence-corrected chi connectivity index (χ0v) is 46.9. The molecule has 2 unspecified atom stereocenters. The molecule has 10 heteroatoms. The number of likely N-dealkylation sites (N-methyl/N-ethyl adjacent to an activating group) is 1. The van der Waals surface area contributed by atoms with E-state index in [1.807, 2.05) is 21.1 Å². The first-order valence-corrected chi connectivity index (χ1v) is 30.2. The Kier molecular flexibility index (Phi) is 49.5. The fourth-order valence-electron chi connectivity index (χ4n) is 7.84. The molecule has 0 aliphatic rings. The molecule has 9 nitrogen and oxygen atoms in total. The van der Waals surface area contributed by atoms with Gasteiger partial charge in [-0.2, -0.15) is 0 Å². The molecule has 0 aliphatic heterocycles. The van der Waals surface area contributed by atoms with Gasteiger partial charge in [-0.25, -0.2) is 4.57 Å². The van der Waals surface area contributed by atoms with Gasteiger partial charge in [0.05, 0.1) is 27.7 Å². The molecular weight excluding hydrogens is 894 g/mol. The van der Waals surface area contributed by atoms with Gasteiger partial charge in [-0.15, -0.1) is 0 Å². The van der Waals surface area contributed by atoms with Gasteiger partial charge in [-0.1, -0.05) is 241 Å². The highest BCUT2D eigenvalue weighted by atomic mass is 31.2. The fraction of sp³-hybridized carbons (Fsp3) is 0.767. The molecule has 0 heterocycles. The van der Waals surface area contributed by atoms with Crippen LogP contribution in [0.25, 0.3) is 0 Å². The van der Waals surface area contributed by atoms with Crippen molar-refractivity contribution in [1.29, 1.82) is 0 Å². The molecule has 0 spiro atoms. The number of carbonyl (C=O) groups is 2. The van der Waals surface area contributed by atoms with Crippen LogP contribution in [0, 0.1) is 0 Å². The van der Waals surface area contributed by atoms with Crippen LogP contribution in [0.15, 0.2) is 72.9 Å². The highest BCUT2D eigenvalue weighted by molar-refractivity contribution is 7.47. The number of phosphoric acid groups is 1. The van der Waals surface area contributed by atoms with Crippen LogP contribution in [-0.2, 0) is 32.7 Å². The van der Waals surface area contributed by atoms with E-state index in [1.165, 1.54) is 141 Å². The number of ether oxygens (including phenoxy) is 2. The first kappa shape index (κ1) is 67.5. The Morgan fingerprint density at radius 1 is 0.457 bits per heavy atom. The predicted molar refractivity (Wildman–Crippen MR) is 298 cm³/mol. The van der Waals surface area contributed by atoms with E-state index >= 15 is 0 Å². The lowest BCUT2D eigenvalue weighted by Crippen LogP contribution is -2.37. The minimum atomic E-state index is -4.37. The number of allylic oxidation sites excluding steroid dienone is 12. The van der Waals surface area contributed by atoms with E-state index in [2.05, 4.69) is 86.8 Å². The van der Waals surface area contributed by atoms with Crippen molar-refractivity contribution in [1.82, 2.24) is 0 Å². The smallest absolute Gasteiger partial charge is 0.462 e. The number of phosphoric ester groups is 1. The Morgan fingerprint density at radius 2 is 0.814 bits per heavy atom. The Morgan fingerprint density at radius 3 is 1.21 bits per heavy atom. The maximum Gasteiger partial charge on any atom is 0.472 e. The zero-order valence-electron chi connectivity index (χ0n) is 46.0. The van der Waals surface area contributed by atoms with Crippen molar-refractivity contribution in [2.24, 2.45) is 0 Å². The van der Waals surface area contributed by atoms with E-state index in [-0.39, 0.29) is 32.0 Å². The molecule has 0 radical (unpaired) electrons. The third-order valence-electron chi connectivity index (χ3n) is 12.3. The fourth-order valence-corrected chi connectivity index (χ4v) is 8.58. The maximum atomic E-state index is 12.7. The number of hydrogen-bond acceptors (Lipinski definition) is 7. The summed E-state index contributed by atoms with van der Waals surface area (Å²) in [5.74, 6) is -0.798. The molecule has 0 amide bonds. The first-order valence-electron chi connectivity index (χ1n) is 28.7. The second kappa shape index (κ2) is 51.4. The van der Waals surface area contributed by atoms with Gasteiger partial charge in [0.15, 0.2) is 6.10 Å². The minimum absolute atomic E-state index is 0.0325. The van der Waals surface area contributed by atoms with Gasteiger partial charge in [0.2, 0.25) is 0 Å². The molecule has 0 rings (SSSR count). The standard InChI is InChI=1S/C60H108NO8P/c1-6-8-10-12-14-15-16-17-18-19-20-21-22-23-24-25-26-27-28-29-30-31-32-33-34-35-36-37-38-39-40-41-42-43-44-45-47-49-51-53-60(63)69-58(57-68-70(64,65)67-55-54-61(3,4)5)56-66-59(62)52-50-48-46-13-11-9-7-2/h8,10,14-15,17-18,20-21,23-24,26-27,58H,6-7,9,11-13,16,19,22,25,28-57H2,1-5H3/p+1/b10-8-,15-14-,18-17-,21-20-,24-23-,27-26-. The number of unbranched alkanes of at least 4 members (excludes halogenated alkanes) is 26. The quantitative estimate of drug-likeness (QED) is 0.0211. The average Bonchev–Trinajstić information content (AvgIpc) is 3.32. The van der Waals surface area contributed by atoms with Gasteiger partial charge in [0.25, 0.3) is 0 Å². The van der Waals surface area contributed by atoms with Gasteiger partial charge in [-0.05, 0) is 64.2 Å². The number of esters is 2. The molecule has 2 atom stereocenters. The average molecular weight is 1000 g/mol. The third-order valence-corrected chi connectivity index (χ3v) is 13.2. The third kappa shape index (κ3) is 54.8. The van der Waals surface area contributed by atoms with Crippen LogP contribution in [0.4, 0.5) is 0 Å². The predicted octanol–water partition coefficient (Wildman–Crippen LogP) is 17.7. The van der Waals surface area contributed by atoms with Crippen LogP contribution in [0.2, 0.25) is 0 Å². The topological polar surface area (TPSA) is 108 Å². The zero-order chi connectivity index (χ0) is 51.3. The Balaban J connectivity index is 3.84. The summed E-state index contributed by atoms with van der Waals surface area (Å²) in [6.45, 7) is 4.27. The number of quaternary nitrogens is 1. The van der Waals surface area contributed by atoms with E-state index in [4.69, 9.17) is 18.5 Å². The van der Waals surface area contributed by atoms with E-state index in [0.717, 1.165) is 70.6 Å². The molecule has 406 valence electrons. The second-order valence-electron chi connectivity index (χ2n) is 20.3. The summed E-state index contributed by atoms with van der Waals surface area (Å²) in [7, 11) is 1.48. The Labute approximate surface area is 431 Å². The van der Waals surface area contributed by atoms with Crippen molar-refractivity contribution in [3.8, 4) is 0 Å². The Bertz CT molecular complexity index is 1410. The summed E-state index contributed by atoms with van der Waals surface area (Å²) in [6.07, 6.45) is 67.4. The normalized spacial score (nSPS) is 13.9. The lowest BCUT2D eigenvalue weighted by molar-refractivity contribution is -0.870. The van der Waals surface area contributed by atoms with Crippen molar-refractivity contribution >= 4 is 19.8 Å². The number of carbonyl (C=O) groups excluding carboxylic acids is 2. The SMILES string of the molecule is CC/C=C\C/C=C\C/C=C\C/C=C\C/C=C\C/C=C\CCCCCCCCCCCCCCCCCCCCCCC(=O)OC(COC(=O)CCCCCCCCC)COP(=O)(O)OCC[N+](C)(C)C. The summed E-state index contributed by atoms with van der Waals surface area (Å²) < 4.78 is 34.3. The van der Waals surface area contributed by atoms with Crippen LogP contribution in [0.1, 0.15) is 245 Å². The minimum Gasteiger partial charge on any atom is -0.462 e. The molecule has 0 bridgehead atoms. The van der Waals surface area contributed by atoms with Crippen LogP contribution in [-0.4, -0.2) is 74.9 Å². The highest BCUT2D eigenvalue weighted by Crippen LogP contribution is 2.43. The van der Waals surface area contributed by atoms with Crippen molar-refractivity contribution in [3.63, 3.8) is 0 Å². The maximum absolute atomic E-state index is 12.7. The summed E-state index contributed by atoms with van der Waals surface area (Å²) >= 11 is 0. The summed E-state index contributed by atoms with van der Waals surface area (Å²) in [5, 5.41) is 0. The number of nitrogens with zero attached hydrogens (tertiary/aromatic N) is 1. The molecule has 0 aliphatic carbocycles. The molecule has 0 aromatic rings. The molecule has 70 heavy (non-hydrogen) atoms. The van der Waals surface area contributed by atoms with Gasteiger partial charge < -0.3 is 18.9 Å². The van der Waals surface area contributed by atoms with Crippen molar-refractivity contribution in [3.05, 3.63) is 72.9 Å². The van der Waals surface area contributed by atoms with E-state index < -0.39 is 26.5 Å². The van der Waals surface area contributed by atoms with Gasteiger partial charge in [0, 0.05) is 12.8 Å². The largest absolute Gasteiger partial charge is 0.472 e. The molecule has 0 saturated heterocycles. The van der Waals surface area contributed by atoms with Crippen LogP contribution in [0.3, 0.4) is 0 Å². The monoisotopic (exact) mass is 1000 g/mol. The van der Waals surface area contributed by atoms with E-state index in [1.54, 1.807) is 0 Å². The molecular formula is C60H109NO8P+. The lowest BCUT2D eigenvalue weighted by atomic mass is 10.0. The number of rotatable bonds is 52. The summed E-state index contributed by atoms with van der Waals surface area (Å²) in [6, 6.07) is 0. The molecule has 0 aromatic heterocycles. The second-order valence-corrected chi connectivity index (χ2v) is 21.8. The van der Waals surface area contributed by atoms with Crippen molar-refractivity contribution in [2.75, 3.05) is 47.5 Å². The van der Waals surface area contributed by atoms with Gasteiger partial charge in [-0.3, -0.25) is 18.6 Å². The molecule has 0 saturated carbocycles. The highest BCUT2D eigenvalue weighted by Gasteiger charge is 2.27. The lowest BCUT2D eigenvalue weighted by Gasteiger charge is -2.24. The summed E-state index contributed by atoms with van der Waals surface area (Å²) in [5.41, 5.74) is 0. The number of hydrogen-bond donors (Lipinski definition) is 1. The molecule has 0 fully saturated rings. The Hall–Kier alpha value is -2.55. The summed E-state index contributed by atoms with van der Waals surface area (Å²) in [4.78, 5) is 35.3. The van der Waals surface area contributed by atoms with E-state index in [0.29, 0.717) is 17.4 Å². The van der Waals surface area contributed by atoms with Crippen molar-refractivity contribution in [2.45, 2.75) is 251 Å². The van der Waals surface area contributed by atoms with Gasteiger partial charge in [0.1, 0.15) is 19.8 Å². The molecule has 0 aromatic carbocycles. The first-order chi connectivity index (χ1) is 34.0.